The Kier molecular flexibility index (Phi) is 7.33. The van der Waals surface area contributed by atoms with Gasteiger partial charge >= 0.3 is 6.03 Å². The lowest BCUT2D eigenvalue weighted by Gasteiger charge is -2.42. The van der Waals surface area contributed by atoms with Gasteiger partial charge in [0.2, 0.25) is 0 Å². The molecule has 3 aromatic rings. The van der Waals surface area contributed by atoms with Crippen molar-refractivity contribution in [2.75, 3.05) is 37.0 Å². The average molecular weight is 476 g/mol. The number of anilines is 2. The minimum Gasteiger partial charge on any atom is -0.494 e. The molecular weight excluding hydrogens is 444 g/mol. The number of carbonyl (C=O) groups is 2. The van der Waals surface area contributed by atoms with E-state index in [1.807, 2.05) is 32.2 Å². The first-order valence-corrected chi connectivity index (χ1v) is 11.7. The van der Waals surface area contributed by atoms with E-state index in [9.17, 15) is 14.7 Å². The largest absolute Gasteiger partial charge is 0.494 e. The number of amides is 3. The summed E-state index contributed by atoms with van der Waals surface area (Å²) in [6.07, 6.45) is 0. The quantitative estimate of drug-likeness (QED) is 0.381. The number of fused-ring (bicyclic) bond motifs is 1. The second-order valence-corrected chi connectivity index (χ2v) is 8.54. The first kappa shape index (κ1) is 24.3. The number of hydrogen-bond donors (Lipinski definition) is 4. The second kappa shape index (κ2) is 10.6. The molecule has 1 aliphatic heterocycles. The molecule has 1 heterocycles. The Bertz CT molecular complexity index is 1170. The average Bonchev–Trinajstić information content (AvgIpc) is 2.86. The molecule has 4 N–H and O–H groups in total. The molecule has 0 aliphatic carbocycles. The number of ether oxygens (including phenoxy) is 1. The van der Waals surface area contributed by atoms with Gasteiger partial charge in [0.15, 0.2) is 0 Å². The summed E-state index contributed by atoms with van der Waals surface area (Å²) in [6, 6.07) is 23.0. The lowest BCUT2D eigenvalue weighted by Crippen LogP contribution is -3.08. The van der Waals surface area contributed by atoms with E-state index in [0.717, 1.165) is 11.4 Å². The maximum Gasteiger partial charge on any atom is 0.329 e. The molecule has 3 aromatic carbocycles. The summed E-state index contributed by atoms with van der Waals surface area (Å²) in [4.78, 5) is 28.9. The monoisotopic (exact) mass is 475 g/mol. The summed E-state index contributed by atoms with van der Waals surface area (Å²) >= 11 is 0. The normalized spacial score (nSPS) is 17.8. The number of aliphatic hydroxyl groups is 1. The summed E-state index contributed by atoms with van der Waals surface area (Å²) < 4.78 is 5.49. The van der Waals surface area contributed by atoms with Gasteiger partial charge in [0.25, 0.3) is 11.6 Å². The molecule has 0 aromatic heterocycles. The van der Waals surface area contributed by atoms with Gasteiger partial charge in [-0.2, -0.15) is 0 Å². The zero-order valence-electron chi connectivity index (χ0n) is 20.0. The van der Waals surface area contributed by atoms with E-state index >= 15 is 0 Å². The molecule has 8 nitrogen and oxygen atoms in total. The number of likely N-dealkylation sites (N-methyl/N-ethyl adjacent to an activating group) is 1. The molecule has 0 spiro atoms. The Labute approximate surface area is 205 Å². The van der Waals surface area contributed by atoms with E-state index in [4.69, 9.17) is 4.74 Å². The van der Waals surface area contributed by atoms with Gasteiger partial charge in [0.05, 0.1) is 32.4 Å². The Hall–Kier alpha value is -3.88. The van der Waals surface area contributed by atoms with Gasteiger partial charge in [-0.25, -0.2) is 4.79 Å². The summed E-state index contributed by atoms with van der Waals surface area (Å²) in [5, 5.41) is 17.5. The van der Waals surface area contributed by atoms with Crippen LogP contribution >= 0.6 is 0 Å². The highest BCUT2D eigenvalue weighted by Gasteiger charge is 2.51. The molecule has 1 aliphatic rings. The number of urea groups is 1. The van der Waals surface area contributed by atoms with Crippen LogP contribution in [-0.2, 0) is 17.1 Å². The SMILES string of the molecule is CCOc1ccc(N2C(=O)Nc3ccccc3C2(O)C(=O)NCC[NH+](C)Cc2ccccc2)cc1. The van der Waals surface area contributed by atoms with E-state index in [2.05, 4.69) is 22.8 Å². The second-order valence-electron chi connectivity index (χ2n) is 8.54. The van der Waals surface area contributed by atoms with Crippen LogP contribution in [0.2, 0.25) is 0 Å². The maximum atomic E-state index is 13.5. The fourth-order valence-corrected chi connectivity index (χ4v) is 4.27. The van der Waals surface area contributed by atoms with Crippen molar-refractivity contribution in [3.05, 3.63) is 90.0 Å². The van der Waals surface area contributed by atoms with Gasteiger partial charge < -0.3 is 25.4 Å². The molecule has 182 valence electrons. The molecule has 0 bridgehead atoms. The lowest BCUT2D eigenvalue weighted by atomic mass is 9.95. The van der Waals surface area contributed by atoms with Crippen molar-refractivity contribution >= 4 is 23.3 Å². The van der Waals surface area contributed by atoms with Gasteiger partial charge in [0.1, 0.15) is 12.3 Å². The predicted octanol–water partition coefficient (Wildman–Crippen LogP) is 2.11. The molecule has 0 saturated heterocycles. The van der Waals surface area contributed by atoms with Gasteiger partial charge in [-0.05, 0) is 37.3 Å². The van der Waals surface area contributed by atoms with Crippen molar-refractivity contribution in [3.8, 4) is 5.75 Å². The standard InChI is InChI=1S/C27H30N4O4/c1-3-35-22-15-13-21(14-16-22)31-26(33)29-24-12-8-7-11-23(24)27(31,34)25(32)28-17-18-30(2)19-20-9-5-4-6-10-20/h4-16,34H,3,17-19H2,1-2H3,(H,28,32)(H,29,33)/p+1. The first-order valence-electron chi connectivity index (χ1n) is 11.7. The van der Waals surface area contributed by atoms with E-state index in [0.29, 0.717) is 42.4 Å². The topological polar surface area (TPSA) is 95.3 Å². The van der Waals surface area contributed by atoms with E-state index in [1.54, 1.807) is 48.5 Å². The van der Waals surface area contributed by atoms with Crippen molar-refractivity contribution in [1.29, 1.82) is 0 Å². The molecule has 2 atom stereocenters. The number of para-hydroxylation sites is 1. The van der Waals surface area contributed by atoms with Crippen LogP contribution in [0.5, 0.6) is 5.75 Å². The summed E-state index contributed by atoms with van der Waals surface area (Å²) in [6.45, 7) is 4.17. The number of rotatable bonds is 9. The zero-order valence-corrected chi connectivity index (χ0v) is 20.0. The van der Waals surface area contributed by atoms with Crippen LogP contribution < -0.4 is 25.2 Å². The van der Waals surface area contributed by atoms with Crippen molar-refractivity contribution < 1.29 is 24.3 Å². The summed E-state index contributed by atoms with van der Waals surface area (Å²) in [5.74, 6) is -0.0346. The smallest absolute Gasteiger partial charge is 0.329 e. The van der Waals surface area contributed by atoms with E-state index in [-0.39, 0.29) is 0 Å². The molecule has 4 rings (SSSR count). The van der Waals surface area contributed by atoms with Crippen molar-refractivity contribution in [2.45, 2.75) is 19.2 Å². The molecule has 0 saturated carbocycles. The van der Waals surface area contributed by atoms with Crippen molar-refractivity contribution in [3.63, 3.8) is 0 Å². The highest BCUT2D eigenvalue weighted by atomic mass is 16.5. The zero-order chi connectivity index (χ0) is 24.8. The highest BCUT2D eigenvalue weighted by molar-refractivity contribution is 6.11. The fraction of sp³-hybridized carbons (Fsp3) is 0.259. The minimum absolute atomic E-state index is 0.302. The third kappa shape index (κ3) is 5.13. The number of carbonyl (C=O) groups excluding carboxylic acids is 2. The number of nitrogens with one attached hydrogen (secondary N) is 3. The third-order valence-electron chi connectivity index (χ3n) is 5.98. The van der Waals surface area contributed by atoms with Crippen molar-refractivity contribution in [1.82, 2.24) is 5.32 Å². The lowest BCUT2D eigenvalue weighted by molar-refractivity contribution is -0.892. The molecule has 0 radical (unpaired) electrons. The fourth-order valence-electron chi connectivity index (χ4n) is 4.27. The molecule has 2 unspecified atom stereocenters. The minimum atomic E-state index is -2.22. The van der Waals surface area contributed by atoms with Gasteiger partial charge in [0, 0.05) is 16.8 Å². The molecular formula is C27H31N4O4+. The number of hydrogen-bond acceptors (Lipinski definition) is 4. The summed E-state index contributed by atoms with van der Waals surface area (Å²) in [7, 11) is 2.05. The van der Waals surface area contributed by atoms with Gasteiger partial charge in [-0.3, -0.25) is 9.69 Å². The maximum absolute atomic E-state index is 13.5. The number of benzene rings is 3. The summed E-state index contributed by atoms with van der Waals surface area (Å²) in [5.41, 5.74) is 0.0407. The van der Waals surface area contributed by atoms with Gasteiger partial charge in [-0.1, -0.05) is 48.5 Å². The molecule has 0 fully saturated rings. The van der Waals surface area contributed by atoms with Crippen LogP contribution in [0.4, 0.5) is 16.2 Å². The Morgan fingerprint density at radius 2 is 1.74 bits per heavy atom. The van der Waals surface area contributed by atoms with E-state index < -0.39 is 17.7 Å². The van der Waals surface area contributed by atoms with Crippen LogP contribution in [0.15, 0.2) is 78.9 Å². The number of quaternary nitrogens is 1. The van der Waals surface area contributed by atoms with E-state index in [1.165, 1.54) is 10.5 Å². The Morgan fingerprint density at radius 1 is 1.06 bits per heavy atom. The predicted molar refractivity (Wildman–Crippen MR) is 134 cm³/mol. The Morgan fingerprint density at radius 3 is 2.46 bits per heavy atom. The molecule has 35 heavy (non-hydrogen) atoms. The van der Waals surface area contributed by atoms with Crippen LogP contribution in [0.3, 0.4) is 0 Å². The van der Waals surface area contributed by atoms with Crippen molar-refractivity contribution in [2.24, 2.45) is 0 Å². The van der Waals surface area contributed by atoms with Crippen LogP contribution in [0.25, 0.3) is 0 Å². The third-order valence-corrected chi connectivity index (χ3v) is 5.98. The highest BCUT2D eigenvalue weighted by Crippen LogP contribution is 2.40. The van der Waals surface area contributed by atoms with Gasteiger partial charge in [-0.15, -0.1) is 0 Å². The van der Waals surface area contributed by atoms with Crippen LogP contribution in [0, 0.1) is 0 Å². The van der Waals surface area contributed by atoms with Crippen LogP contribution in [0.1, 0.15) is 18.1 Å². The van der Waals surface area contributed by atoms with Crippen LogP contribution in [-0.4, -0.2) is 43.8 Å². The molecule has 3 amide bonds. The molecule has 8 heteroatoms. The first-order chi connectivity index (χ1) is 16.9. The Balaban J connectivity index is 1.55. The number of nitrogens with zero attached hydrogens (tertiary/aromatic N) is 1.